The Bertz CT molecular complexity index is 502. The molecule has 0 spiro atoms. The second kappa shape index (κ2) is 5.69. The first-order chi connectivity index (χ1) is 8.72. The van der Waals surface area contributed by atoms with Crippen molar-refractivity contribution in [1.82, 2.24) is 4.90 Å². The molecule has 0 amide bonds. The van der Waals surface area contributed by atoms with Crippen LogP contribution >= 0.6 is 11.6 Å². The van der Waals surface area contributed by atoms with Gasteiger partial charge in [-0.25, -0.2) is 0 Å². The van der Waals surface area contributed by atoms with Gasteiger partial charge in [0.25, 0.3) is 0 Å². The molecule has 1 heterocycles. The Labute approximate surface area is 112 Å². The van der Waals surface area contributed by atoms with Gasteiger partial charge < -0.3 is 4.90 Å². The summed E-state index contributed by atoms with van der Waals surface area (Å²) in [6.07, 6.45) is 9.37. The first kappa shape index (κ1) is 12.7. The number of allylic oxidation sites excluding steroid dienone is 2. The molecular weight excluding hydrogens is 246 g/mol. The first-order valence-electron chi connectivity index (χ1n) is 5.74. The summed E-state index contributed by atoms with van der Waals surface area (Å²) >= 11 is 5.82. The fourth-order valence-corrected chi connectivity index (χ4v) is 2.01. The predicted molar refractivity (Wildman–Crippen MR) is 74.8 cm³/mol. The molecule has 0 fully saturated rings. The summed E-state index contributed by atoms with van der Waals surface area (Å²) in [7, 11) is 0. The highest BCUT2D eigenvalue weighted by Gasteiger charge is 2.22. The van der Waals surface area contributed by atoms with E-state index in [0.717, 1.165) is 0 Å². The van der Waals surface area contributed by atoms with Crippen molar-refractivity contribution in [3.63, 3.8) is 0 Å². The number of ketones is 1. The summed E-state index contributed by atoms with van der Waals surface area (Å²) in [5, 5.41) is 0.633. The molecule has 0 saturated carbocycles. The van der Waals surface area contributed by atoms with Crippen LogP contribution in [-0.4, -0.2) is 23.3 Å². The fourth-order valence-electron chi connectivity index (χ4n) is 1.88. The lowest BCUT2D eigenvalue weighted by molar-refractivity contribution is 0.0913. The Balaban J connectivity index is 2.21. The first-order valence-corrected chi connectivity index (χ1v) is 6.11. The van der Waals surface area contributed by atoms with Gasteiger partial charge in [0, 0.05) is 23.3 Å². The monoisotopic (exact) mass is 259 g/mol. The maximum Gasteiger partial charge on any atom is 0.189 e. The third-order valence-electron chi connectivity index (χ3n) is 2.78. The number of hydrogen-bond donors (Lipinski definition) is 0. The van der Waals surface area contributed by atoms with Crippen LogP contribution in [0.4, 0.5) is 0 Å². The summed E-state index contributed by atoms with van der Waals surface area (Å²) in [6, 6.07) is 6.70. The molecule has 0 radical (unpaired) electrons. The highest BCUT2D eigenvalue weighted by molar-refractivity contribution is 6.30. The molecule has 18 heavy (non-hydrogen) atoms. The number of Topliss-reactive ketones (excluding diaryl/α,β-unsaturated/α-hetero) is 1. The minimum absolute atomic E-state index is 0.0640. The van der Waals surface area contributed by atoms with Crippen molar-refractivity contribution < 1.29 is 4.79 Å². The van der Waals surface area contributed by atoms with Gasteiger partial charge in [0.15, 0.2) is 5.78 Å². The lowest BCUT2D eigenvalue weighted by Gasteiger charge is -2.28. The molecule has 1 atom stereocenters. The molecule has 2 nitrogen and oxygen atoms in total. The molecular formula is C15H14ClNO. The number of benzene rings is 1. The number of nitrogens with zero attached hydrogens (tertiary/aromatic N) is 1. The van der Waals surface area contributed by atoms with Gasteiger partial charge in [-0.05, 0) is 30.3 Å². The van der Waals surface area contributed by atoms with Crippen molar-refractivity contribution >= 4 is 17.4 Å². The van der Waals surface area contributed by atoms with Crippen LogP contribution in [0, 0.1) is 0 Å². The molecule has 1 aliphatic heterocycles. The van der Waals surface area contributed by atoms with Crippen LogP contribution in [0.15, 0.2) is 61.3 Å². The summed E-state index contributed by atoms with van der Waals surface area (Å²) in [5.74, 6) is 0.0640. The van der Waals surface area contributed by atoms with Crippen LogP contribution in [0.25, 0.3) is 0 Å². The lowest BCUT2D eigenvalue weighted by atomic mass is 10.0. The predicted octanol–water partition coefficient (Wildman–Crippen LogP) is 3.46. The van der Waals surface area contributed by atoms with Gasteiger partial charge in [0.2, 0.25) is 0 Å². The molecule has 1 unspecified atom stereocenters. The smallest absolute Gasteiger partial charge is 0.189 e. The Morgan fingerprint density at radius 1 is 1.33 bits per heavy atom. The van der Waals surface area contributed by atoms with Crippen LogP contribution < -0.4 is 0 Å². The van der Waals surface area contributed by atoms with Gasteiger partial charge >= 0.3 is 0 Å². The molecule has 2 rings (SSSR count). The number of hydrogen-bond acceptors (Lipinski definition) is 2. The summed E-state index contributed by atoms with van der Waals surface area (Å²) in [4.78, 5) is 14.3. The van der Waals surface area contributed by atoms with Crippen molar-refractivity contribution in [1.29, 1.82) is 0 Å². The zero-order valence-corrected chi connectivity index (χ0v) is 10.7. The third kappa shape index (κ3) is 2.71. The second-order valence-corrected chi connectivity index (χ2v) is 4.46. The SMILES string of the molecule is C=CCN1C=CC=CC1C(=O)c1ccc(Cl)cc1. The number of halogens is 1. The Kier molecular flexibility index (Phi) is 4.00. The molecule has 3 heteroatoms. The zero-order valence-electron chi connectivity index (χ0n) is 9.92. The van der Waals surface area contributed by atoms with E-state index in [-0.39, 0.29) is 11.8 Å². The highest BCUT2D eigenvalue weighted by atomic mass is 35.5. The zero-order chi connectivity index (χ0) is 13.0. The van der Waals surface area contributed by atoms with E-state index in [0.29, 0.717) is 17.1 Å². The molecule has 1 aromatic carbocycles. The van der Waals surface area contributed by atoms with E-state index in [1.54, 1.807) is 30.3 Å². The van der Waals surface area contributed by atoms with Crippen molar-refractivity contribution in [2.75, 3.05) is 6.54 Å². The minimum Gasteiger partial charge on any atom is -0.360 e. The van der Waals surface area contributed by atoms with Crippen LogP contribution in [0.1, 0.15) is 10.4 Å². The normalized spacial score (nSPS) is 17.8. The van der Waals surface area contributed by atoms with Crippen LogP contribution in [-0.2, 0) is 0 Å². The Morgan fingerprint density at radius 2 is 2.06 bits per heavy atom. The van der Waals surface area contributed by atoms with Gasteiger partial charge in [-0.15, -0.1) is 6.58 Å². The largest absolute Gasteiger partial charge is 0.360 e. The number of rotatable bonds is 4. The molecule has 1 aliphatic rings. The third-order valence-corrected chi connectivity index (χ3v) is 3.03. The summed E-state index contributed by atoms with van der Waals surface area (Å²) in [6.45, 7) is 4.35. The van der Waals surface area contributed by atoms with E-state index in [1.165, 1.54) is 0 Å². The standard InChI is InChI=1S/C15H14ClNO/c1-2-10-17-11-4-3-5-14(17)15(18)12-6-8-13(16)9-7-12/h2-9,11,14H,1,10H2. The molecule has 0 saturated heterocycles. The van der Waals surface area contributed by atoms with E-state index in [1.807, 2.05) is 29.3 Å². The number of carbonyl (C=O) groups is 1. The van der Waals surface area contributed by atoms with Crippen molar-refractivity contribution in [2.24, 2.45) is 0 Å². The second-order valence-electron chi connectivity index (χ2n) is 4.03. The van der Waals surface area contributed by atoms with E-state index in [4.69, 9.17) is 11.6 Å². The number of carbonyl (C=O) groups excluding carboxylic acids is 1. The summed E-state index contributed by atoms with van der Waals surface area (Å²) in [5.41, 5.74) is 0.665. The quantitative estimate of drug-likeness (QED) is 0.610. The van der Waals surface area contributed by atoms with Gasteiger partial charge in [-0.1, -0.05) is 29.8 Å². The van der Waals surface area contributed by atoms with E-state index in [2.05, 4.69) is 6.58 Å². The van der Waals surface area contributed by atoms with Crippen LogP contribution in [0.2, 0.25) is 5.02 Å². The Morgan fingerprint density at radius 3 is 2.72 bits per heavy atom. The van der Waals surface area contributed by atoms with Crippen LogP contribution in [0.3, 0.4) is 0 Å². The van der Waals surface area contributed by atoms with Crippen molar-refractivity contribution in [3.8, 4) is 0 Å². The highest BCUT2D eigenvalue weighted by Crippen LogP contribution is 2.16. The lowest BCUT2D eigenvalue weighted by Crippen LogP contribution is -2.37. The molecule has 92 valence electrons. The molecule has 0 aliphatic carbocycles. The Hall–Kier alpha value is -1.80. The van der Waals surface area contributed by atoms with Crippen molar-refractivity contribution in [2.45, 2.75) is 6.04 Å². The van der Waals surface area contributed by atoms with Gasteiger partial charge in [-0.2, -0.15) is 0 Å². The van der Waals surface area contributed by atoms with E-state index >= 15 is 0 Å². The molecule has 1 aromatic rings. The maximum atomic E-state index is 12.4. The van der Waals surface area contributed by atoms with E-state index in [9.17, 15) is 4.79 Å². The minimum atomic E-state index is -0.269. The summed E-state index contributed by atoms with van der Waals surface area (Å²) < 4.78 is 0. The fraction of sp³-hybridized carbons (Fsp3) is 0.133. The molecule has 0 bridgehead atoms. The topological polar surface area (TPSA) is 20.3 Å². The van der Waals surface area contributed by atoms with Gasteiger partial charge in [0.05, 0.1) is 0 Å². The average molecular weight is 260 g/mol. The molecule has 0 aromatic heterocycles. The van der Waals surface area contributed by atoms with Crippen LogP contribution in [0.5, 0.6) is 0 Å². The van der Waals surface area contributed by atoms with E-state index < -0.39 is 0 Å². The van der Waals surface area contributed by atoms with Gasteiger partial charge in [-0.3, -0.25) is 4.79 Å². The average Bonchev–Trinajstić information content (AvgIpc) is 2.40. The van der Waals surface area contributed by atoms with Gasteiger partial charge in [0.1, 0.15) is 6.04 Å². The maximum absolute atomic E-state index is 12.4. The van der Waals surface area contributed by atoms with Crippen molar-refractivity contribution in [3.05, 3.63) is 71.9 Å². The molecule has 0 N–H and O–H groups in total.